The summed E-state index contributed by atoms with van der Waals surface area (Å²) in [5.74, 6) is 0. The Hall–Kier alpha value is -1.92. The van der Waals surface area contributed by atoms with E-state index < -0.39 is 10.0 Å². The average Bonchev–Trinajstić information content (AvgIpc) is 2.46. The highest BCUT2D eigenvalue weighted by atomic mass is 35.5. The molecule has 0 fully saturated rings. The lowest BCUT2D eigenvalue weighted by molar-refractivity contribution is 0.491. The first-order valence-corrected chi connectivity index (χ1v) is 7.50. The molecule has 2 aromatic rings. The van der Waals surface area contributed by atoms with Gasteiger partial charge in [0.05, 0.1) is 11.1 Å². The van der Waals surface area contributed by atoms with Crippen molar-refractivity contribution in [2.24, 2.45) is 5.10 Å². The molecule has 0 bridgehead atoms. The standard InChI is InChI=1S/C13H12ClN3O2S/c1-17(16-10-11-6-8-15-9-7-11)20(18,19)13-4-2-12(14)3-5-13/h2-10H,1H3/b16-10+. The van der Waals surface area contributed by atoms with Gasteiger partial charge in [0.1, 0.15) is 0 Å². The van der Waals surface area contributed by atoms with Gasteiger partial charge in [0.15, 0.2) is 0 Å². The van der Waals surface area contributed by atoms with E-state index in [4.69, 9.17) is 11.6 Å². The Balaban J connectivity index is 2.21. The van der Waals surface area contributed by atoms with E-state index in [1.54, 1.807) is 24.5 Å². The van der Waals surface area contributed by atoms with Gasteiger partial charge in [-0.1, -0.05) is 11.6 Å². The summed E-state index contributed by atoms with van der Waals surface area (Å²) in [6, 6.07) is 9.38. The molecule has 0 saturated carbocycles. The number of pyridine rings is 1. The van der Waals surface area contributed by atoms with Crippen molar-refractivity contribution in [3.8, 4) is 0 Å². The van der Waals surface area contributed by atoms with Crippen molar-refractivity contribution in [3.63, 3.8) is 0 Å². The average molecular weight is 310 g/mol. The monoisotopic (exact) mass is 309 g/mol. The van der Waals surface area contributed by atoms with Gasteiger partial charge in [0.2, 0.25) is 0 Å². The molecule has 0 spiro atoms. The van der Waals surface area contributed by atoms with Crippen LogP contribution in [-0.4, -0.2) is 31.1 Å². The van der Waals surface area contributed by atoms with Crippen molar-refractivity contribution in [3.05, 3.63) is 59.4 Å². The van der Waals surface area contributed by atoms with Crippen LogP contribution in [0.15, 0.2) is 58.8 Å². The summed E-state index contributed by atoms with van der Waals surface area (Å²) < 4.78 is 25.4. The fraction of sp³-hybridized carbons (Fsp3) is 0.0769. The molecule has 2 rings (SSSR count). The third-order valence-corrected chi connectivity index (χ3v) is 4.44. The summed E-state index contributed by atoms with van der Waals surface area (Å²) in [6.07, 6.45) is 4.67. The Labute approximate surface area is 122 Å². The lowest BCUT2D eigenvalue weighted by Crippen LogP contribution is -2.21. The van der Waals surface area contributed by atoms with Gasteiger partial charge in [-0.05, 0) is 42.0 Å². The molecule has 0 aliphatic heterocycles. The van der Waals surface area contributed by atoms with E-state index in [1.165, 1.54) is 37.5 Å². The van der Waals surface area contributed by atoms with Crippen LogP contribution in [0, 0.1) is 0 Å². The highest BCUT2D eigenvalue weighted by Crippen LogP contribution is 2.17. The van der Waals surface area contributed by atoms with Gasteiger partial charge < -0.3 is 0 Å². The number of halogens is 1. The molecule has 0 unspecified atom stereocenters. The summed E-state index contributed by atoms with van der Waals surface area (Å²) in [7, 11) is -2.29. The summed E-state index contributed by atoms with van der Waals surface area (Å²) >= 11 is 5.74. The SMILES string of the molecule is CN(/N=C/c1ccncc1)S(=O)(=O)c1ccc(Cl)cc1. The molecule has 0 atom stereocenters. The molecule has 0 amide bonds. The summed E-state index contributed by atoms with van der Waals surface area (Å²) in [5, 5.41) is 4.40. The van der Waals surface area contributed by atoms with Crippen LogP contribution in [0.1, 0.15) is 5.56 Å². The Morgan fingerprint density at radius 1 is 1.15 bits per heavy atom. The molecule has 0 N–H and O–H groups in total. The minimum atomic E-state index is -3.66. The second-order valence-corrected chi connectivity index (χ2v) is 6.30. The maximum atomic E-state index is 12.2. The second-order valence-electron chi connectivity index (χ2n) is 3.92. The highest BCUT2D eigenvalue weighted by Gasteiger charge is 2.18. The Kier molecular flexibility index (Phi) is 4.36. The van der Waals surface area contributed by atoms with Crippen molar-refractivity contribution in [1.29, 1.82) is 0 Å². The number of benzene rings is 1. The third-order valence-electron chi connectivity index (χ3n) is 2.53. The van der Waals surface area contributed by atoms with Crippen LogP contribution in [0.3, 0.4) is 0 Å². The topological polar surface area (TPSA) is 62.6 Å². The highest BCUT2D eigenvalue weighted by molar-refractivity contribution is 7.89. The lowest BCUT2D eigenvalue weighted by Gasteiger charge is -2.13. The zero-order valence-electron chi connectivity index (χ0n) is 10.6. The number of aromatic nitrogens is 1. The van der Waals surface area contributed by atoms with Crippen molar-refractivity contribution >= 4 is 27.8 Å². The summed E-state index contributed by atoms with van der Waals surface area (Å²) in [6.45, 7) is 0. The van der Waals surface area contributed by atoms with E-state index in [2.05, 4.69) is 10.1 Å². The molecule has 5 nitrogen and oxygen atoms in total. The molecule has 0 saturated heterocycles. The molecule has 0 radical (unpaired) electrons. The van der Waals surface area contributed by atoms with Gasteiger partial charge >= 0.3 is 0 Å². The molecular formula is C13H12ClN3O2S. The molecular weight excluding hydrogens is 298 g/mol. The van der Waals surface area contributed by atoms with Gasteiger partial charge in [0, 0.05) is 24.5 Å². The second kappa shape index (κ2) is 6.02. The smallest absolute Gasteiger partial charge is 0.265 e. The van der Waals surface area contributed by atoms with E-state index in [9.17, 15) is 8.42 Å². The van der Waals surface area contributed by atoms with Crippen LogP contribution in [-0.2, 0) is 10.0 Å². The predicted molar refractivity (Wildman–Crippen MR) is 78.2 cm³/mol. The molecule has 0 aliphatic carbocycles. The molecule has 104 valence electrons. The first kappa shape index (κ1) is 14.5. The summed E-state index contributed by atoms with van der Waals surface area (Å²) in [5.41, 5.74) is 0.762. The van der Waals surface area contributed by atoms with Crippen molar-refractivity contribution < 1.29 is 8.42 Å². The predicted octanol–water partition coefficient (Wildman–Crippen LogP) is 2.39. The van der Waals surface area contributed by atoms with Gasteiger partial charge in [-0.25, -0.2) is 0 Å². The molecule has 7 heteroatoms. The van der Waals surface area contributed by atoms with Crippen LogP contribution in [0.4, 0.5) is 0 Å². The molecule has 1 aromatic carbocycles. The van der Waals surface area contributed by atoms with E-state index in [0.29, 0.717) is 5.02 Å². The zero-order chi connectivity index (χ0) is 14.6. The van der Waals surface area contributed by atoms with E-state index in [0.717, 1.165) is 9.98 Å². The maximum absolute atomic E-state index is 12.2. The normalized spacial score (nSPS) is 11.7. The maximum Gasteiger partial charge on any atom is 0.278 e. The first-order valence-electron chi connectivity index (χ1n) is 5.68. The van der Waals surface area contributed by atoms with Gasteiger partial charge in [-0.2, -0.15) is 17.9 Å². The fourth-order valence-electron chi connectivity index (χ4n) is 1.42. The number of hydrogen-bond acceptors (Lipinski definition) is 4. The van der Waals surface area contributed by atoms with Crippen molar-refractivity contribution in [2.45, 2.75) is 4.90 Å². The van der Waals surface area contributed by atoms with Gasteiger partial charge in [-0.3, -0.25) is 4.98 Å². The minimum Gasteiger partial charge on any atom is -0.265 e. The zero-order valence-corrected chi connectivity index (χ0v) is 12.2. The van der Waals surface area contributed by atoms with E-state index in [1.807, 2.05) is 0 Å². The minimum absolute atomic E-state index is 0.135. The van der Waals surface area contributed by atoms with E-state index in [-0.39, 0.29) is 4.90 Å². The van der Waals surface area contributed by atoms with Crippen LogP contribution >= 0.6 is 11.6 Å². The van der Waals surface area contributed by atoms with Crippen LogP contribution in [0.25, 0.3) is 0 Å². The molecule has 1 heterocycles. The number of nitrogens with zero attached hydrogens (tertiary/aromatic N) is 3. The number of sulfonamides is 1. The van der Waals surface area contributed by atoms with Gasteiger partial charge in [0.25, 0.3) is 10.0 Å². The third kappa shape index (κ3) is 3.34. The fourth-order valence-corrected chi connectivity index (χ4v) is 2.50. The Morgan fingerprint density at radius 3 is 2.35 bits per heavy atom. The van der Waals surface area contributed by atoms with Gasteiger partial charge in [-0.15, -0.1) is 0 Å². The van der Waals surface area contributed by atoms with Crippen molar-refractivity contribution in [2.75, 3.05) is 7.05 Å². The summed E-state index contributed by atoms with van der Waals surface area (Å²) in [4.78, 5) is 4.01. The number of hydrazone groups is 1. The largest absolute Gasteiger partial charge is 0.278 e. The lowest BCUT2D eigenvalue weighted by atomic mass is 10.3. The first-order chi connectivity index (χ1) is 9.50. The van der Waals surface area contributed by atoms with Crippen LogP contribution in [0.5, 0.6) is 0 Å². The molecule has 0 aliphatic rings. The van der Waals surface area contributed by atoms with Crippen molar-refractivity contribution in [1.82, 2.24) is 9.40 Å². The quantitative estimate of drug-likeness (QED) is 0.643. The molecule has 20 heavy (non-hydrogen) atoms. The number of hydrogen-bond donors (Lipinski definition) is 0. The van der Waals surface area contributed by atoms with E-state index >= 15 is 0 Å². The van der Waals surface area contributed by atoms with Crippen LogP contribution in [0.2, 0.25) is 5.02 Å². The van der Waals surface area contributed by atoms with Crippen LogP contribution < -0.4 is 0 Å². The Morgan fingerprint density at radius 2 is 1.75 bits per heavy atom. The molecule has 1 aromatic heterocycles. The number of rotatable bonds is 4. The Bertz CT molecular complexity index is 700.